The van der Waals surface area contributed by atoms with Gasteiger partial charge in [0, 0.05) is 0 Å². The van der Waals surface area contributed by atoms with E-state index in [1.54, 1.807) is 20.8 Å². The van der Waals surface area contributed by atoms with Gasteiger partial charge < -0.3 is 4.74 Å². The van der Waals surface area contributed by atoms with Crippen LogP contribution in [0.15, 0.2) is 12.2 Å². The first-order chi connectivity index (χ1) is 9.07. The van der Waals surface area contributed by atoms with E-state index >= 15 is 0 Å². The van der Waals surface area contributed by atoms with E-state index in [4.69, 9.17) is 4.74 Å². The Morgan fingerprint density at radius 1 is 1.20 bits per heavy atom. The number of allylic oxidation sites excluding steroid dienone is 2. The number of ether oxygens (including phenoxy) is 1. The molecule has 0 aromatic heterocycles. The van der Waals surface area contributed by atoms with Crippen LogP contribution in [0.5, 0.6) is 0 Å². The Balaban J connectivity index is 1.94. The molecule has 2 fully saturated rings. The number of fused-ring (bicyclic) bond motifs is 4. The molecular weight excluding hydrogens is 269 g/mol. The second-order valence-corrected chi connectivity index (χ2v) is 7.28. The summed E-state index contributed by atoms with van der Waals surface area (Å²) in [4.78, 5) is 12.3. The number of rotatable bonds is 1. The lowest BCUT2D eigenvalue weighted by Crippen LogP contribution is -2.41. The SMILES string of the molecule is CC(C)(C)OC(=O)C1(C(F)(F)F)C2CC3C=CC(C3)C21. The fourth-order valence-corrected chi connectivity index (χ4v) is 4.20. The molecule has 0 radical (unpaired) electrons. The monoisotopic (exact) mass is 288 g/mol. The molecule has 3 rings (SSSR count). The van der Waals surface area contributed by atoms with Gasteiger partial charge in [-0.25, -0.2) is 0 Å². The highest BCUT2D eigenvalue weighted by atomic mass is 19.4. The first-order valence-corrected chi connectivity index (χ1v) is 7.06. The van der Waals surface area contributed by atoms with Gasteiger partial charge in [-0.1, -0.05) is 12.2 Å². The second-order valence-electron chi connectivity index (χ2n) is 7.28. The highest BCUT2D eigenvalue weighted by Gasteiger charge is 2.85. The van der Waals surface area contributed by atoms with Crippen molar-refractivity contribution in [3.05, 3.63) is 12.2 Å². The molecule has 0 spiro atoms. The van der Waals surface area contributed by atoms with Crippen LogP contribution >= 0.6 is 0 Å². The Bertz CT molecular complexity index is 474. The summed E-state index contributed by atoms with van der Waals surface area (Å²) in [5.74, 6) is -2.21. The van der Waals surface area contributed by atoms with Crippen LogP contribution in [0.25, 0.3) is 0 Å². The zero-order chi connectivity index (χ0) is 14.9. The Hall–Kier alpha value is -1.00. The summed E-state index contributed by atoms with van der Waals surface area (Å²) in [5.41, 5.74) is -3.15. The lowest BCUT2D eigenvalue weighted by atomic mass is 9.88. The van der Waals surface area contributed by atoms with Crippen LogP contribution in [0, 0.1) is 29.1 Å². The molecule has 112 valence electrons. The van der Waals surface area contributed by atoms with Crippen LogP contribution in [0.2, 0.25) is 0 Å². The Labute approximate surface area is 116 Å². The predicted molar refractivity (Wildman–Crippen MR) is 66.7 cm³/mol. The molecule has 0 heterocycles. The van der Waals surface area contributed by atoms with Crippen molar-refractivity contribution in [2.75, 3.05) is 0 Å². The van der Waals surface area contributed by atoms with Crippen molar-refractivity contribution in [1.82, 2.24) is 0 Å². The standard InChI is InChI=1S/C15H19F3O2/c1-13(2,3)20-12(19)14(15(16,17)18)10-7-8-4-5-9(6-8)11(10)14/h4-5,8-11H,6-7H2,1-3H3. The number of esters is 1. The summed E-state index contributed by atoms with van der Waals surface area (Å²) in [6, 6.07) is 0. The largest absolute Gasteiger partial charge is 0.459 e. The molecule has 0 aromatic carbocycles. The Kier molecular flexibility index (Phi) is 2.65. The number of hydrogen-bond acceptors (Lipinski definition) is 2. The van der Waals surface area contributed by atoms with Crippen LogP contribution < -0.4 is 0 Å². The van der Waals surface area contributed by atoms with Crippen molar-refractivity contribution in [3.8, 4) is 0 Å². The van der Waals surface area contributed by atoms with Gasteiger partial charge in [-0.05, 0) is 57.3 Å². The number of carbonyl (C=O) groups excluding carboxylic acids is 1. The average molecular weight is 288 g/mol. The van der Waals surface area contributed by atoms with Gasteiger partial charge in [0.25, 0.3) is 0 Å². The third kappa shape index (κ3) is 1.74. The zero-order valence-corrected chi connectivity index (χ0v) is 11.8. The summed E-state index contributed by atoms with van der Waals surface area (Å²) in [6.07, 6.45) is 0.557. The summed E-state index contributed by atoms with van der Waals surface area (Å²) in [7, 11) is 0. The number of hydrogen-bond donors (Lipinski definition) is 0. The highest BCUT2D eigenvalue weighted by molar-refractivity contribution is 5.83. The van der Waals surface area contributed by atoms with Crippen LogP contribution in [-0.4, -0.2) is 17.7 Å². The van der Waals surface area contributed by atoms with Crippen molar-refractivity contribution in [1.29, 1.82) is 0 Å². The molecular formula is C15H19F3O2. The third-order valence-corrected chi connectivity index (χ3v) is 4.86. The lowest BCUT2D eigenvalue weighted by molar-refractivity contribution is -0.220. The van der Waals surface area contributed by atoms with E-state index in [9.17, 15) is 18.0 Å². The van der Waals surface area contributed by atoms with Crippen molar-refractivity contribution in [2.24, 2.45) is 29.1 Å². The quantitative estimate of drug-likeness (QED) is 0.543. The van der Waals surface area contributed by atoms with E-state index in [0.717, 1.165) is 6.42 Å². The Morgan fingerprint density at radius 3 is 2.40 bits per heavy atom. The number of alkyl halides is 3. The van der Waals surface area contributed by atoms with Crippen molar-refractivity contribution < 1.29 is 22.7 Å². The predicted octanol–water partition coefficient (Wildman–Crippen LogP) is 3.72. The second kappa shape index (κ2) is 3.80. The van der Waals surface area contributed by atoms with Gasteiger partial charge in [-0.3, -0.25) is 4.79 Å². The topological polar surface area (TPSA) is 26.3 Å². The van der Waals surface area contributed by atoms with Crippen LogP contribution in [0.1, 0.15) is 33.6 Å². The maximum absolute atomic E-state index is 13.6. The van der Waals surface area contributed by atoms with E-state index in [-0.39, 0.29) is 11.8 Å². The molecule has 0 aliphatic heterocycles. The summed E-state index contributed by atoms with van der Waals surface area (Å²) in [6.45, 7) is 4.81. The van der Waals surface area contributed by atoms with Crippen molar-refractivity contribution >= 4 is 5.97 Å². The van der Waals surface area contributed by atoms with E-state index in [1.165, 1.54) is 0 Å². The molecule has 3 aliphatic rings. The van der Waals surface area contributed by atoms with Crippen molar-refractivity contribution in [3.63, 3.8) is 0 Å². The normalized spacial score (nSPS) is 42.3. The molecule has 2 nitrogen and oxygen atoms in total. The maximum atomic E-state index is 13.6. The van der Waals surface area contributed by atoms with Gasteiger partial charge >= 0.3 is 12.1 Å². The molecule has 5 unspecified atom stereocenters. The molecule has 20 heavy (non-hydrogen) atoms. The number of carbonyl (C=O) groups is 1. The van der Waals surface area contributed by atoms with Gasteiger partial charge in [0.2, 0.25) is 0 Å². The minimum Gasteiger partial charge on any atom is -0.459 e. The maximum Gasteiger partial charge on any atom is 0.405 e. The molecule has 2 bridgehead atoms. The first-order valence-electron chi connectivity index (χ1n) is 7.06. The van der Waals surface area contributed by atoms with E-state index < -0.39 is 35.0 Å². The summed E-state index contributed by atoms with van der Waals surface area (Å²) in [5, 5.41) is 0. The van der Waals surface area contributed by atoms with E-state index in [2.05, 4.69) is 0 Å². The average Bonchev–Trinajstić information content (AvgIpc) is 2.79. The molecule has 0 saturated heterocycles. The van der Waals surface area contributed by atoms with E-state index in [0.29, 0.717) is 6.42 Å². The molecule has 5 atom stereocenters. The lowest BCUT2D eigenvalue weighted by Gasteiger charge is -2.27. The third-order valence-electron chi connectivity index (χ3n) is 4.86. The van der Waals surface area contributed by atoms with Crippen LogP contribution in [0.3, 0.4) is 0 Å². The fraction of sp³-hybridized carbons (Fsp3) is 0.800. The molecule has 0 amide bonds. The highest BCUT2D eigenvalue weighted by Crippen LogP contribution is 2.76. The molecule has 2 saturated carbocycles. The van der Waals surface area contributed by atoms with Crippen LogP contribution in [-0.2, 0) is 9.53 Å². The minimum absolute atomic E-state index is 0.118. The van der Waals surface area contributed by atoms with Crippen molar-refractivity contribution in [2.45, 2.75) is 45.4 Å². The van der Waals surface area contributed by atoms with Gasteiger partial charge in [-0.15, -0.1) is 0 Å². The van der Waals surface area contributed by atoms with Gasteiger partial charge in [0.15, 0.2) is 5.41 Å². The number of halogens is 3. The zero-order valence-electron chi connectivity index (χ0n) is 11.8. The molecule has 0 aromatic rings. The van der Waals surface area contributed by atoms with Gasteiger partial charge in [0.1, 0.15) is 5.60 Å². The first kappa shape index (κ1) is 14.0. The van der Waals surface area contributed by atoms with E-state index in [1.807, 2.05) is 12.2 Å². The van der Waals surface area contributed by atoms with Crippen LogP contribution in [0.4, 0.5) is 13.2 Å². The Morgan fingerprint density at radius 2 is 1.85 bits per heavy atom. The summed E-state index contributed by atoms with van der Waals surface area (Å²) >= 11 is 0. The fourth-order valence-electron chi connectivity index (χ4n) is 4.20. The summed E-state index contributed by atoms with van der Waals surface area (Å²) < 4.78 is 46.0. The smallest absolute Gasteiger partial charge is 0.405 e. The molecule has 5 heteroatoms. The molecule has 0 N–H and O–H groups in total. The molecule has 3 aliphatic carbocycles. The van der Waals surface area contributed by atoms with Gasteiger partial charge in [-0.2, -0.15) is 13.2 Å². The van der Waals surface area contributed by atoms with Gasteiger partial charge in [0.05, 0.1) is 0 Å². The minimum atomic E-state index is -4.52.